The Kier molecular flexibility index (Phi) is 4.55. The fraction of sp³-hybridized carbons (Fsp3) is 0.143. The minimum atomic E-state index is -4.19. The number of carbonyl (C=O) groups excluding carboxylic acids is 1. The molecule has 11 heteroatoms. The van der Waals surface area contributed by atoms with Gasteiger partial charge in [-0.3, -0.25) is 4.72 Å². The van der Waals surface area contributed by atoms with Crippen LogP contribution in [-0.2, 0) is 14.8 Å². The van der Waals surface area contributed by atoms with Crippen LogP contribution in [0.5, 0.6) is 0 Å². The van der Waals surface area contributed by atoms with Crippen LogP contribution >= 0.6 is 11.6 Å². The van der Waals surface area contributed by atoms with Crippen molar-refractivity contribution in [2.24, 2.45) is 0 Å². The van der Waals surface area contributed by atoms with Crippen molar-refractivity contribution in [3.63, 3.8) is 0 Å². The second-order valence-electron chi connectivity index (χ2n) is 4.75. The van der Waals surface area contributed by atoms with Gasteiger partial charge in [0.15, 0.2) is 0 Å². The van der Waals surface area contributed by atoms with Gasteiger partial charge in [-0.1, -0.05) is 17.7 Å². The number of hydrogen-bond acceptors (Lipinski definition) is 7. The lowest BCUT2D eigenvalue weighted by molar-refractivity contribution is 0.0527. The lowest BCUT2D eigenvalue weighted by Crippen LogP contribution is -2.18. The Morgan fingerprint density at radius 3 is 2.88 bits per heavy atom. The van der Waals surface area contributed by atoms with E-state index in [0.29, 0.717) is 0 Å². The van der Waals surface area contributed by atoms with Gasteiger partial charge in [0.05, 0.1) is 22.9 Å². The van der Waals surface area contributed by atoms with E-state index in [1.165, 1.54) is 35.1 Å². The van der Waals surface area contributed by atoms with E-state index in [0.717, 1.165) is 0 Å². The highest BCUT2D eigenvalue weighted by Crippen LogP contribution is 2.28. The molecule has 25 heavy (non-hydrogen) atoms. The van der Waals surface area contributed by atoms with Gasteiger partial charge in [0.25, 0.3) is 21.0 Å². The smallest absolute Gasteiger partial charge is 0.340 e. The maximum absolute atomic E-state index is 12.6. The molecule has 0 saturated carbocycles. The molecule has 2 aromatic heterocycles. The van der Waals surface area contributed by atoms with Gasteiger partial charge in [-0.05, 0) is 25.1 Å². The van der Waals surface area contributed by atoms with Crippen molar-refractivity contribution in [3.8, 4) is 0 Å². The highest BCUT2D eigenvalue weighted by Gasteiger charge is 2.25. The fourth-order valence-electron chi connectivity index (χ4n) is 2.01. The molecular formula is C14H12ClN5O4S. The van der Waals surface area contributed by atoms with Gasteiger partial charge in [0.1, 0.15) is 0 Å². The largest absolute Gasteiger partial charge is 0.462 e. The van der Waals surface area contributed by atoms with E-state index in [1.807, 2.05) is 0 Å². The Hall–Kier alpha value is -2.72. The van der Waals surface area contributed by atoms with Gasteiger partial charge in [0, 0.05) is 12.4 Å². The maximum atomic E-state index is 12.6. The van der Waals surface area contributed by atoms with Crippen LogP contribution in [0.2, 0.25) is 5.02 Å². The normalized spacial score (nSPS) is 11.4. The zero-order chi connectivity index (χ0) is 18.0. The summed E-state index contributed by atoms with van der Waals surface area (Å²) in [4.78, 5) is 19.8. The molecule has 3 aromatic rings. The predicted molar refractivity (Wildman–Crippen MR) is 89.0 cm³/mol. The van der Waals surface area contributed by atoms with Crippen molar-refractivity contribution in [3.05, 3.63) is 47.2 Å². The Morgan fingerprint density at radius 1 is 1.36 bits per heavy atom. The molecule has 0 aliphatic carbocycles. The SMILES string of the molecule is CCOC(=O)c1cccc(Cl)c1NS(=O)(=O)c1nc2ncccn2n1. The average Bonchev–Trinajstić information content (AvgIpc) is 3.02. The number of carbonyl (C=O) groups is 1. The minimum absolute atomic E-state index is 0.0141. The summed E-state index contributed by atoms with van der Waals surface area (Å²) in [6.45, 7) is 1.77. The first-order valence-electron chi connectivity index (χ1n) is 7.08. The number of aromatic nitrogens is 4. The summed E-state index contributed by atoms with van der Waals surface area (Å²) in [5.41, 5.74) is -0.116. The quantitative estimate of drug-likeness (QED) is 0.669. The molecule has 130 valence electrons. The van der Waals surface area contributed by atoms with E-state index in [4.69, 9.17) is 16.3 Å². The number of esters is 1. The minimum Gasteiger partial charge on any atom is -0.462 e. The Morgan fingerprint density at radius 2 is 2.16 bits per heavy atom. The number of hydrogen-bond donors (Lipinski definition) is 1. The van der Waals surface area contributed by atoms with Crippen LogP contribution in [-0.4, -0.2) is 40.6 Å². The molecule has 0 amide bonds. The van der Waals surface area contributed by atoms with Gasteiger partial charge in [-0.2, -0.15) is 13.4 Å². The predicted octanol–water partition coefficient (Wildman–Crippen LogP) is 1.76. The fourth-order valence-corrected chi connectivity index (χ4v) is 3.27. The van der Waals surface area contributed by atoms with E-state index in [-0.39, 0.29) is 28.7 Å². The summed E-state index contributed by atoms with van der Waals surface area (Å²) >= 11 is 6.05. The van der Waals surface area contributed by atoms with Crippen molar-refractivity contribution in [2.75, 3.05) is 11.3 Å². The van der Waals surface area contributed by atoms with Gasteiger partial charge in [0.2, 0.25) is 0 Å². The Labute approximate surface area is 147 Å². The molecule has 0 radical (unpaired) electrons. The number of fused-ring (bicyclic) bond motifs is 1. The van der Waals surface area contributed by atoms with Crippen LogP contribution in [0.1, 0.15) is 17.3 Å². The van der Waals surface area contributed by atoms with E-state index in [9.17, 15) is 13.2 Å². The summed E-state index contributed by atoms with van der Waals surface area (Å²) < 4.78 is 33.5. The number of halogens is 1. The zero-order valence-corrected chi connectivity index (χ0v) is 14.5. The first-order valence-corrected chi connectivity index (χ1v) is 8.94. The average molecular weight is 382 g/mol. The lowest BCUT2D eigenvalue weighted by Gasteiger charge is -2.11. The van der Waals surface area contributed by atoms with E-state index in [2.05, 4.69) is 19.8 Å². The van der Waals surface area contributed by atoms with Crippen LogP contribution < -0.4 is 4.72 Å². The number of nitrogens with one attached hydrogen (secondary N) is 1. The topological polar surface area (TPSA) is 116 Å². The number of rotatable bonds is 5. The summed E-state index contributed by atoms with van der Waals surface area (Å²) in [6.07, 6.45) is 2.97. The molecule has 9 nitrogen and oxygen atoms in total. The van der Waals surface area contributed by atoms with Crippen molar-refractivity contribution >= 4 is 39.1 Å². The van der Waals surface area contributed by atoms with Crippen LogP contribution in [0.3, 0.4) is 0 Å². The molecule has 0 aliphatic rings. The monoisotopic (exact) mass is 381 g/mol. The zero-order valence-electron chi connectivity index (χ0n) is 12.9. The van der Waals surface area contributed by atoms with Crippen LogP contribution in [0.15, 0.2) is 41.8 Å². The van der Waals surface area contributed by atoms with Crippen molar-refractivity contribution in [1.29, 1.82) is 0 Å². The number of benzene rings is 1. The Balaban J connectivity index is 2.02. The van der Waals surface area contributed by atoms with E-state index in [1.54, 1.807) is 13.0 Å². The highest BCUT2D eigenvalue weighted by molar-refractivity contribution is 7.92. The number of anilines is 1. The second-order valence-corrected chi connectivity index (χ2v) is 6.73. The Bertz CT molecular complexity index is 1020. The molecule has 0 unspecified atom stereocenters. The molecule has 1 N–H and O–H groups in total. The van der Waals surface area contributed by atoms with Crippen molar-refractivity contribution < 1.29 is 17.9 Å². The lowest BCUT2D eigenvalue weighted by atomic mass is 10.2. The highest BCUT2D eigenvalue weighted by atomic mass is 35.5. The molecule has 0 fully saturated rings. The van der Waals surface area contributed by atoms with E-state index >= 15 is 0 Å². The van der Waals surface area contributed by atoms with Crippen molar-refractivity contribution in [2.45, 2.75) is 12.1 Å². The van der Waals surface area contributed by atoms with Gasteiger partial charge in [-0.15, -0.1) is 5.10 Å². The van der Waals surface area contributed by atoms with Crippen LogP contribution in [0, 0.1) is 0 Å². The first kappa shape index (κ1) is 17.1. The molecule has 0 aliphatic heterocycles. The summed E-state index contributed by atoms with van der Waals surface area (Å²) in [7, 11) is -4.19. The standard InChI is InChI=1S/C14H12ClN5O4S/c1-2-24-12(21)9-5-3-6-10(15)11(9)19-25(22,23)14-17-13-16-7-4-8-20(13)18-14/h3-8,19H,2H2,1H3. The molecule has 3 rings (SSSR count). The first-order chi connectivity index (χ1) is 11.9. The number of nitrogens with zero attached hydrogens (tertiary/aromatic N) is 4. The second kappa shape index (κ2) is 6.65. The number of ether oxygens (including phenoxy) is 1. The molecule has 1 aromatic carbocycles. The van der Waals surface area contributed by atoms with Crippen LogP contribution in [0.4, 0.5) is 5.69 Å². The summed E-state index contributed by atoms with van der Waals surface area (Å²) in [5.74, 6) is -0.583. The molecular weight excluding hydrogens is 370 g/mol. The van der Waals surface area contributed by atoms with Crippen LogP contribution in [0.25, 0.3) is 5.78 Å². The summed E-state index contributed by atoms with van der Waals surface area (Å²) in [6, 6.07) is 5.94. The third kappa shape index (κ3) is 3.39. The van der Waals surface area contributed by atoms with Gasteiger partial charge in [-0.25, -0.2) is 14.3 Å². The number of sulfonamides is 1. The van der Waals surface area contributed by atoms with Gasteiger partial charge >= 0.3 is 5.97 Å². The molecule has 2 heterocycles. The summed E-state index contributed by atoms with van der Waals surface area (Å²) in [5, 5.41) is 3.39. The van der Waals surface area contributed by atoms with E-state index < -0.39 is 21.1 Å². The van der Waals surface area contributed by atoms with Gasteiger partial charge < -0.3 is 4.74 Å². The number of para-hydroxylation sites is 1. The molecule has 0 atom stereocenters. The molecule has 0 spiro atoms. The molecule has 0 saturated heterocycles. The molecule has 0 bridgehead atoms. The third-order valence-corrected chi connectivity index (χ3v) is 4.52. The van der Waals surface area contributed by atoms with Crippen molar-refractivity contribution in [1.82, 2.24) is 19.6 Å². The maximum Gasteiger partial charge on any atom is 0.340 e. The third-order valence-electron chi connectivity index (χ3n) is 3.08.